The van der Waals surface area contributed by atoms with Gasteiger partial charge >= 0.3 is 0 Å². The van der Waals surface area contributed by atoms with Gasteiger partial charge in [-0.05, 0) is 13.0 Å². The molecule has 0 saturated heterocycles. The fourth-order valence-corrected chi connectivity index (χ4v) is 0.501. The van der Waals surface area contributed by atoms with Crippen LogP contribution in [-0.4, -0.2) is 11.3 Å². The van der Waals surface area contributed by atoms with Crippen LogP contribution in [0.15, 0.2) is 36.1 Å². The first-order valence-electron chi connectivity index (χ1n) is 2.95. The summed E-state index contributed by atoms with van der Waals surface area (Å²) in [7, 11) is 0. The summed E-state index contributed by atoms with van der Waals surface area (Å²) < 4.78 is 0. The lowest BCUT2D eigenvalue weighted by atomic mass is 10.2. The van der Waals surface area contributed by atoms with Gasteiger partial charge in [-0.2, -0.15) is 0 Å². The van der Waals surface area contributed by atoms with Crippen LogP contribution in [0, 0.1) is 5.41 Å². The molecule has 0 bridgehead atoms. The monoisotopic (exact) mass is 137 g/mol. The highest BCUT2D eigenvalue weighted by molar-refractivity contribution is 5.81. The van der Waals surface area contributed by atoms with E-state index in [1.165, 1.54) is 12.2 Å². The molecule has 2 N–H and O–H groups in total. The van der Waals surface area contributed by atoms with E-state index in [2.05, 4.69) is 6.58 Å². The molecule has 0 aliphatic rings. The van der Waals surface area contributed by atoms with E-state index < -0.39 is 0 Å². The average Bonchev–Trinajstić information content (AvgIpc) is 1.99. The third-order valence-electron chi connectivity index (χ3n) is 1.02. The van der Waals surface area contributed by atoms with E-state index in [1.54, 1.807) is 13.0 Å². The fourth-order valence-electron chi connectivity index (χ4n) is 0.501. The Hall–Kier alpha value is -1.31. The number of hydrogen-bond donors (Lipinski definition) is 2. The summed E-state index contributed by atoms with van der Waals surface area (Å²) in [5.41, 5.74) is 0.470. The van der Waals surface area contributed by atoms with E-state index in [9.17, 15) is 0 Å². The van der Waals surface area contributed by atoms with Gasteiger partial charge < -0.3 is 10.5 Å². The Kier molecular flexibility index (Phi) is 3.96. The van der Waals surface area contributed by atoms with Crippen molar-refractivity contribution in [1.82, 2.24) is 0 Å². The molecular weight excluding hydrogens is 126 g/mol. The highest BCUT2D eigenvalue weighted by atomic mass is 16.3. The number of hydrogen-bond acceptors (Lipinski definition) is 2. The summed E-state index contributed by atoms with van der Waals surface area (Å²) in [4.78, 5) is 0. The number of aliphatic hydroxyl groups is 1. The lowest BCUT2D eigenvalue weighted by Gasteiger charge is -1.95. The molecule has 0 saturated carbocycles. The molecule has 0 amide bonds. The molecule has 0 radical (unpaired) electrons. The molecule has 0 aromatic rings. The molecule has 0 atom stereocenters. The van der Waals surface area contributed by atoms with Gasteiger partial charge in [0.05, 0.1) is 0 Å². The Morgan fingerprint density at radius 1 is 1.60 bits per heavy atom. The highest BCUT2D eigenvalue weighted by Gasteiger charge is 1.93. The second kappa shape index (κ2) is 4.56. The van der Waals surface area contributed by atoms with Gasteiger partial charge in [0.25, 0.3) is 0 Å². The third kappa shape index (κ3) is 2.31. The minimum atomic E-state index is 0.106. The van der Waals surface area contributed by atoms with Crippen molar-refractivity contribution < 1.29 is 5.11 Å². The molecule has 0 rings (SSSR count). The van der Waals surface area contributed by atoms with Crippen molar-refractivity contribution in [3.63, 3.8) is 0 Å². The largest absolute Gasteiger partial charge is 0.508 e. The van der Waals surface area contributed by atoms with Crippen LogP contribution >= 0.6 is 0 Å². The molecule has 0 aromatic carbocycles. The maximum atomic E-state index is 9.04. The summed E-state index contributed by atoms with van der Waals surface area (Å²) in [5.74, 6) is 0.106. The van der Waals surface area contributed by atoms with Gasteiger partial charge in [0.1, 0.15) is 5.76 Å². The zero-order valence-corrected chi connectivity index (χ0v) is 5.96. The SMILES string of the molecule is C=C/C=C(C=N)\C(O)=C/C. The fraction of sp³-hybridized carbons (Fsp3) is 0.125. The van der Waals surface area contributed by atoms with Crippen molar-refractivity contribution in [2.45, 2.75) is 6.92 Å². The van der Waals surface area contributed by atoms with Gasteiger partial charge in [0.2, 0.25) is 0 Å². The Labute approximate surface area is 60.7 Å². The van der Waals surface area contributed by atoms with E-state index in [0.717, 1.165) is 6.21 Å². The van der Waals surface area contributed by atoms with Crippen LogP contribution in [0.25, 0.3) is 0 Å². The molecule has 0 spiro atoms. The van der Waals surface area contributed by atoms with E-state index in [0.29, 0.717) is 5.57 Å². The molecule has 54 valence electrons. The first kappa shape index (κ1) is 8.69. The Morgan fingerprint density at radius 3 is 2.50 bits per heavy atom. The van der Waals surface area contributed by atoms with Crippen molar-refractivity contribution >= 4 is 6.21 Å². The normalized spacial score (nSPS) is 12.9. The van der Waals surface area contributed by atoms with Gasteiger partial charge in [0, 0.05) is 11.8 Å². The molecule has 0 unspecified atom stereocenters. The van der Waals surface area contributed by atoms with Crippen LogP contribution in [0.1, 0.15) is 6.92 Å². The van der Waals surface area contributed by atoms with Crippen molar-refractivity contribution in [1.29, 1.82) is 5.41 Å². The number of nitrogens with one attached hydrogen (secondary N) is 1. The van der Waals surface area contributed by atoms with Crippen molar-refractivity contribution in [3.8, 4) is 0 Å². The standard InChI is InChI=1S/C8H11NO/c1-3-5-7(6-9)8(10)4-2/h3-6,9-10H,1H2,2H3/b7-5-,8-4+,9-6?. The Bertz CT molecular complexity index is 189. The van der Waals surface area contributed by atoms with Gasteiger partial charge in [-0.1, -0.05) is 18.7 Å². The van der Waals surface area contributed by atoms with Gasteiger partial charge in [-0.15, -0.1) is 0 Å². The highest BCUT2D eigenvalue weighted by Crippen LogP contribution is 2.02. The first-order chi connectivity index (χ1) is 4.76. The van der Waals surface area contributed by atoms with Gasteiger partial charge in [-0.25, -0.2) is 0 Å². The van der Waals surface area contributed by atoms with Crippen LogP contribution < -0.4 is 0 Å². The van der Waals surface area contributed by atoms with E-state index in [1.807, 2.05) is 0 Å². The van der Waals surface area contributed by atoms with E-state index in [4.69, 9.17) is 10.5 Å². The minimum absolute atomic E-state index is 0.106. The minimum Gasteiger partial charge on any atom is -0.508 e. The van der Waals surface area contributed by atoms with Crippen molar-refractivity contribution in [3.05, 3.63) is 36.1 Å². The summed E-state index contributed by atoms with van der Waals surface area (Å²) in [5, 5.41) is 15.9. The second-order valence-corrected chi connectivity index (χ2v) is 1.68. The van der Waals surface area contributed by atoms with E-state index in [-0.39, 0.29) is 5.76 Å². The molecule has 2 heteroatoms. The molecule has 0 heterocycles. The summed E-state index contributed by atoms with van der Waals surface area (Å²) in [6, 6.07) is 0. The Balaban J connectivity index is 4.51. The molecule has 0 fully saturated rings. The number of rotatable bonds is 3. The lowest BCUT2D eigenvalue weighted by Crippen LogP contribution is -1.87. The third-order valence-corrected chi connectivity index (χ3v) is 1.02. The summed E-state index contributed by atoms with van der Waals surface area (Å²) >= 11 is 0. The zero-order chi connectivity index (χ0) is 7.98. The van der Waals surface area contributed by atoms with Crippen molar-refractivity contribution in [2.75, 3.05) is 0 Å². The Morgan fingerprint density at radius 2 is 2.20 bits per heavy atom. The average molecular weight is 137 g/mol. The molecule has 0 aliphatic heterocycles. The molecule has 2 nitrogen and oxygen atoms in total. The van der Waals surface area contributed by atoms with Crippen LogP contribution in [0.3, 0.4) is 0 Å². The quantitative estimate of drug-likeness (QED) is 0.349. The van der Waals surface area contributed by atoms with Crippen LogP contribution in [0.4, 0.5) is 0 Å². The number of allylic oxidation sites excluding steroid dienone is 4. The molecule has 0 aromatic heterocycles. The van der Waals surface area contributed by atoms with Crippen LogP contribution in [0.2, 0.25) is 0 Å². The summed E-state index contributed by atoms with van der Waals surface area (Å²) in [6.45, 7) is 5.15. The van der Waals surface area contributed by atoms with E-state index >= 15 is 0 Å². The molecular formula is C8H11NO. The van der Waals surface area contributed by atoms with Crippen LogP contribution in [-0.2, 0) is 0 Å². The molecule has 10 heavy (non-hydrogen) atoms. The maximum Gasteiger partial charge on any atom is 0.120 e. The predicted molar refractivity (Wildman–Crippen MR) is 43.4 cm³/mol. The molecule has 0 aliphatic carbocycles. The maximum absolute atomic E-state index is 9.04. The van der Waals surface area contributed by atoms with Crippen LogP contribution in [0.5, 0.6) is 0 Å². The second-order valence-electron chi connectivity index (χ2n) is 1.68. The summed E-state index contributed by atoms with van der Waals surface area (Å²) in [6.07, 6.45) is 5.71. The smallest absolute Gasteiger partial charge is 0.120 e. The predicted octanol–water partition coefficient (Wildman–Crippen LogP) is 2.21. The number of aliphatic hydroxyl groups excluding tert-OH is 1. The van der Waals surface area contributed by atoms with Gasteiger partial charge in [0.15, 0.2) is 0 Å². The zero-order valence-electron chi connectivity index (χ0n) is 5.96. The van der Waals surface area contributed by atoms with Gasteiger partial charge in [-0.3, -0.25) is 0 Å². The van der Waals surface area contributed by atoms with Crippen molar-refractivity contribution in [2.24, 2.45) is 0 Å². The lowest BCUT2D eigenvalue weighted by molar-refractivity contribution is 0.427. The topological polar surface area (TPSA) is 44.1 Å². The first-order valence-corrected chi connectivity index (χ1v) is 2.95.